The van der Waals surface area contributed by atoms with E-state index in [9.17, 15) is 4.79 Å². The lowest BCUT2D eigenvalue weighted by Gasteiger charge is -2.24. The number of rotatable bonds is 5. The number of hydrogen-bond acceptors (Lipinski definition) is 6. The Hall–Kier alpha value is -2.31. The Morgan fingerprint density at radius 3 is 3.00 bits per heavy atom. The van der Waals surface area contributed by atoms with Gasteiger partial charge in [-0.2, -0.15) is 0 Å². The number of carbonyl (C=O) groups excluding carboxylic acids is 1. The van der Waals surface area contributed by atoms with Crippen LogP contribution in [0, 0.1) is 0 Å². The molecule has 1 aliphatic heterocycles. The highest BCUT2D eigenvalue weighted by atomic mass is 16.4. The Morgan fingerprint density at radius 2 is 2.30 bits per heavy atom. The quantitative estimate of drug-likeness (QED) is 0.841. The molecule has 1 fully saturated rings. The molecule has 3 heterocycles. The predicted molar refractivity (Wildman–Crippen MR) is 82.4 cm³/mol. The summed E-state index contributed by atoms with van der Waals surface area (Å²) in [6, 6.07) is 1.93. The minimum absolute atomic E-state index is 0.0550. The van der Waals surface area contributed by atoms with Gasteiger partial charge in [0.15, 0.2) is 0 Å². The highest BCUT2D eigenvalue weighted by molar-refractivity contribution is 5.77. The van der Waals surface area contributed by atoms with E-state index in [-0.39, 0.29) is 17.9 Å². The lowest BCUT2D eigenvalue weighted by molar-refractivity contribution is -0.132. The Labute approximate surface area is 135 Å². The van der Waals surface area contributed by atoms with E-state index in [1.54, 1.807) is 6.20 Å². The average molecular weight is 315 g/mol. The van der Waals surface area contributed by atoms with Crippen LogP contribution in [0.1, 0.15) is 62.5 Å². The van der Waals surface area contributed by atoms with Crippen LogP contribution < -0.4 is 0 Å². The minimum atomic E-state index is 0.0550. The largest absolute Gasteiger partial charge is 0.425 e. The molecule has 0 bridgehead atoms. The zero-order chi connectivity index (χ0) is 16.2. The van der Waals surface area contributed by atoms with Gasteiger partial charge in [-0.05, 0) is 18.9 Å². The van der Waals surface area contributed by atoms with Crippen molar-refractivity contribution in [2.75, 3.05) is 6.54 Å². The second kappa shape index (κ2) is 6.85. The second-order valence-corrected chi connectivity index (χ2v) is 6.07. The molecule has 0 aromatic carbocycles. The molecule has 1 unspecified atom stereocenters. The van der Waals surface area contributed by atoms with Gasteiger partial charge >= 0.3 is 0 Å². The molecular formula is C16H21N5O2. The zero-order valence-electron chi connectivity index (χ0n) is 13.5. The minimum Gasteiger partial charge on any atom is -0.425 e. The van der Waals surface area contributed by atoms with Crippen molar-refractivity contribution in [1.82, 2.24) is 25.1 Å². The summed E-state index contributed by atoms with van der Waals surface area (Å²) in [5.41, 5.74) is 0.908. The molecule has 7 heteroatoms. The van der Waals surface area contributed by atoms with Crippen LogP contribution in [-0.2, 0) is 11.2 Å². The van der Waals surface area contributed by atoms with Gasteiger partial charge in [0.05, 0.1) is 11.7 Å². The topological polar surface area (TPSA) is 85.0 Å². The maximum Gasteiger partial charge on any atom is 0.223 e. The molecule has 2 aromatic rings. The molecule has 2 aromatic heterocycles. The van der Waals surface area contributed by atoms with E-state index in [1.807, 2.05) is 24.8 Å². The van der Waals surface area contributed by atoms with Crippen LogP contribution in [0.2, 0.25) is 0 Å². The number of carbonyl (C=O) groups is 1. The van der Waals surface area contributed by atoms with Gasteiger partial charge in [0.1, 0.15) is 6.33 Å². The van der Waals surface area contributed by atoms with Crippen LogP contribution in [0.15, 0.2) is 23.0 Å². The van der Waals surface area contributed by atoms with Crippen molar-refractivity contribution in [3.05, 3.63) is 36.1 Å². The van der Waals surface area contributed by atoms with Crippen molar-refractivity contribution in [3.8, 4) is 0 Å². The van der Waals surface area contributed by atoms with Crippen LogP contribution in [0.3, 0.4) is 0 Å². The first kappa shape index (κ1) is 15.6. The van der Waals surface area contributed by atoms with E-state index >= 15 is 0 Å². The first-order valence-corrected chi connectivity index (χ1v) is 8.03. The van der Waals surface area contributed by atoms with Crippen molar-refractivity contribution in [3.63, 3.8) is 0 Å². The summed E-state index contributed by atoms with van der Waals surface area (Å²) in [5, 5.41) is 8.00. The standard InChI is InChI=1S/C16H21N5O2/c1-11(2)16-20-19-14(23-16)5-6-15(22)21-9-3-4-13(21)12-7-8-17-10-18-12/h7-8,10-11,13H,3-6,9H2,1-2H3. The normalized spacial score (nSPS) is 17.9. The Kier molecular flexibility index (Phi) is 4.64. The van der Waals surface area contributed by atoms with E-state index in [0.717, 1.165) is 25.1 Å². The smallest absolute Gasteiger partial charge is 0.223 e. The summed E-state index contributed by atoms with van der Waals surface area (Å²) in [6.07, 6.45) is 6.05. The summed E-state index contributed by atoms with van der Waals surface area (Å²) in [5.74, 6) is 1.45. The molecule has 3 rings (SSSR count). The molecule has 0 saturated carbocycles. The van der Waals surface area contributed by atoms with Crippen LogP contribution in [0.4, 0.5) is 0 Å². The second-order valence-electron chi connectivity index (χ2n) is 6.07. The number of aryl methyl sites for hydroxylation is 1. The van der Waals surface area contributed by atoms with E-state index in [1.165, 1.54) is 6.33 Å². The molecule has 1 amide bonds. The zero-order valence-corrected chi connectivity index (χ0v) is 13.5. The third-order valence-electron chi connectivity index (χ3n) is 4.05. The van der Waals surface area contributed by atoms with Gasteiger partial charge < -0.3 is 9.32 Å². The molecule has 1 atom stereocenters. The highest BCUT2D eigenvalue weighted by Crippen LogP contribution is 2.31. The summed E-state index contributed by atoms with van der Waals surface area (Å²) < 4.78 is 5.56. The maximum atomic E-state index is 12.5. The molecule has 23 heavy (non-hydrogen) atoms. The fourth-order valence-electron chi connectivity index (χ4n) is 2.83. The maximum absolute atomic E-state index is 12.5. The van der Waals surface area contributed by atoms with Crippen LogP contribution in [0.25, 0.3) is 0 Å². The van der Waals surface area contributed by atoms with Crippen molar-refractivity contribution < 1.29 is 9.21 Å². The van der Waals surface area contributed by atoms with Crippen LogP contribution >= 0.6 is 0 Å². The van der Waals surface area contributed by atoms with Gasteiger partial charge in [0.2, 0.25) is 17.7 Å². The molecule has 122 valence electrons. The van der Waals surface area contributed by atoms with Gasteiger partial charge in [-0.1, -0.05) is 13.8 Å². The number of aromatic nitrogens is 4. The first-order valence-electron chi connectivity index (χ1n) is 8.03. The van der Waals surface area contributed by atoms with E-state index in [0.29, 0.717) is 24.6 Å². The summed E-state index contributed by atoms with van der Waals surface area (Å²) in [6.45, 7) is 4.77. The third-order valence-corrected chi connectivity index (χ3v) is 4.05. The molecule has 7 nitrogen and oxygen atoms in total. The molecular weight excluding hydrogens is 294 g/mol. The number of hydrogen-bond donors (Lipinski definition) is 0. The lowest BCUT2D eigenvalue weighted by Crippen LogP contribution is -2.31. The summed E-state index contributed by atoms with van der Waals surface area (Å²) >= 11 is 0. The SMILES string of the molecule is CC(C)c1nnc(CCC(=O)N2CCCC2c2ccncn2)o1. The van der Waals surface area contributed by atoms with Crippen LogP contribution in [0.5, 0.6) is 0 Å². The predicted octanol–water partition coefficient (Wildman–Crippen LogP) is 2.28. The molecule has 0 radical (unpaired) electrons. The number of amides is 1. The fraction of sp³-hybridized carbons (Fsp3) is 0.562. The van der Waals surface area contributed by atoms with E-state index < -0.39 is 0 Å². The van der Waals surface area contributed by atoms with Crippen molar-refractivity contribution in [2.45, 2.75) is 51.5 Å². The third kappa shape index (κ3) is 3.55. The Morgan fingerprint density at radius 1 is 1.43 bits per heavy atom. The molecule has 1 aliphatic rings. The van der Waals surface area contributed by atoms with Crippen molar-refractivity contribution in [1.29, 1.82) is 0 Å². The van der Waals surface area contributed by atoms with E-state index in [4.69, 9.17) is 4.42 Å². The molecule has 0 N–H and O–H groups in total. The van der Waals surface area contributed by atoms with Gasteiger partial charge in [0, 0.05) is 31.5 Å². The molecule has 0 aliphatic carbocycles. The summed E-state index contributed by atoms with van der Waals surface area (Å²) in [7, 11) is 0. The summed E-state index contributed by atoms with van der Waals surface area (Å²) in [4.78, 5) is 22.7. The highest BCUT2D eigenvalue weighted by Gasteiger charge is 2.30. The Bertz CT molecular complexity index is 656. The van der Waals surface area contributed by atoms with Gasteiger partial charge in [-0.3, -0.25) is 4.79 Å². The number of nitrogens with zero attached hydrogens (tertiary/aromatic N) is 5. The van der Waals surface area contributed by atoms with Gasteiger partial charge in [0.25, 0.3) is 0 Å². The fourth-order valence-corrected chi connectivity index (χ4v) is 2.83. The molecule has 0 spiro atoms. The number of likely N-dealkylation sites (tertiary alicyclic amines) is 1. The van der Waals surface area contributed by atoms with Gasteiger partial charge in [-0.25, -0.2) is 9.97 Å². The average Bonchev–Trinajstić information content (AvgIpc) is 3.23. The monoisotopic (exact) mass is 315 g/mol. The van der Waals surface area contributed by atoms with Crippen LogP contribution in [-0.4, -0.2) is 37.5 Å². The van der Waals surface area contributed by atoms with Crippen molar-refractivity contribution >= 4 is 5.91 Å². The van der Waals surface area contributed by atoms with E-state index in [2.05, 4.69) is 20.2 Å². The lowest BCUT2D eigenvalue weighted by atomic mass is 10.1. The van der Waals surface area contributed by atoms with Gasteiger partial charge in [-0.15, -0.1) is 10.2 Å². The Balaban J connectivity index is 1.61. The van der Waals surface area contributed by atoms with Crippen molar-refractivity contribution in [2.24, 2.45) is 0 Å². The first-order chi connectivity index (χ1) is 11.1. The molecule has 1 saturated heterocycles.